The number of carbonyl (C=O) groups is 2. The highest BCUT2D eigenvalue weighted by Crippen LogP contribution is 2.34. The van der Waals surface area contributed by atoms with E-state index in [1.165, 1.54) is 0 Å². The Morgan fingerprint density at radius 2 is 2.29 bits per heavy atom. The Kier molecular flexibility index (Phi) is 4.40. The molecule has 1 amide bonds. The summed E-state index contributed by atoms with van der Waals surface area (Å²) in [4.78, 5) is 30.0. The molecule has 1 aliphatic rings. The second kappa shape index (κ2) is 6.08. The number of hydrogen-bond donors (Lipinski definition) is 1. The number of likely N-dealkylation sites (tertiary alicyclic amines) is 1. The Morgan fingerprint density at radius 1 is 1.52 bits per heavy atom. The fourth-order valence-electron chi connectivity index (χ4n) is 2.83. The maximum absolute atomic E-state index is 12.5. The summed E-state index contributed by atoms with van der Waals surface area (Å²) < 4.78 is 0. The van der Waals surface area contributed by atoms with Gasteiger partial charge in [-0.05, 0) is 38.3 Å². The standard InChI is InChI=1S/C16H20N2O3/c1-3-8-16(15(20)21)9-5-10-18(11-16)14(19)13-7-4-6-12(2)17-13/h3-4,6-7H,1,5,8-11H2,2H3,(H,20,21)/t16-/m0/s1. The number of piperidine rings is 1. The van der Waals surface area contributed by atoms with Gasteiger partial charge in [0.2, 0.25) is 0 Å². The Labute approximate surface area is 124 Å². The summed E-state index contributed by atoms with van der Waals surface area (Å²) in [6.45, 7) is 6.25. The lowest BCUT2D eigenvalue weighted by Gasteiger charge is -2.39. The summed E-state index contributed by atoms with van der Waals surface area (Å²) in [5.41, 5.74) is 0.225. The van der Waals surface area contributed by atoms with Crippen molar-refractivity contribution in [3.63, 3.8) is 0 Å². The molecule has 0 aromatic carbocycles. The fourth-order valence-corrected chi connectivity index (χ4v) is 2.83. The first-order chi connectivity index (χ1) is 9.98. The van der Waals surface area contributed by atoms with Gasteiger partial charge in [-0.3, -0.25) is 9.59 Å². The number of carboxylic acids is 1. The van der Waals surface area contributed by atoms with Crippen LogP contribution in [0.1, 0.15) is 35.4 Å². The highest BCUT2D eigenvalue weighted by Gasteiger charge is 2.42. The van der Waals surface area contributed by atoms with Crippen LogP contribution in [0, 0.1) is 12.3 Å². The van der Waals surface area contributed by atoms with Gasteiger partial charge in [-0.15, -0.1) is 6.58 Å². The smallest absolute Gasteiger partial charge is 0.311 e. The van der Waals surface area contributed by atoms with Crippen LogP contribution in [-0.4, -0.2) is 40.0 Å². The van der Waals surface area contributed by atoms with Crippen molar-refractivity contribution >= 4 is 11.9 Å². The number of aliphatic carboxylic acids is 1. The second-order valence-corrected chi connectivity index (χ2v) is 5.57. The van der Waals surface area contributed by atoms with Crippen molar-refractivity contribution in [3.05, 3.63) is 42.2 Å². The van der Waals surface area contributed by atoms with E-state index >= 15 is 0 Å². The van der Waals surface area contributed by atoms with Gasteiger partial charge in [0.25, 0.3) is 5.91 Å². The van der Waals surface area contributed by atoms with E-state index in [2.05, 4.69) is 11.6 Å². The molecule has 0 aliphatic carbocycles. The van der Waals surface area contributed by atoms with Gasteiger partial charge in [-0.25, -0.2) is 4.98 Å². The van der Waals surface area contributed by atoms with Gasteiger partial charge in [-0.1, -0.05) is 12.1 Å². The number of allylic oxidation sites excluding steroid dienone is 1. The topological polar surface area (TPSA) is 70.5 Å². The molecule has 0 bridgehead atoms. The maximum Gasteiger partial charge on any atom is 0.311 e. The van der Waals surface area contributed by atoms with Crippen LogP contribution in [-0.2, 0) is 4.79 Å². The third-order valence-corrected chi connectivity index (χ3v) is 3.96. The number of rotatable bonds is 4. The van der Waals surface area contributed by atoms with Crippen LogP contribution < -0.4 is 0 Å². The number of carboxylic acid groups (broad SMARTS) is 1. The van der Waals surface area contributed by atoms with E-state index in [1.54, 1.807) is 23.1 Å². The first-order valence-electron chi connectivity index (χ1n) is 7.06. The largest absolute Gasteiger partial charge is 0.481 e. The number of aromatic nitrogens is 1. The zero-order valence-electron chi connectivity index (χ0n) is 12.2. The summed E-state index contributed by atoms with van der Waals surface area (Å²) in [6.07, 6.45) is 3.23. The van der Waals surface area contributed by atoms with E-state index in [0.717, 1.165) is 5.69 Å². The third kappa shape index (κ3) is 3.12. The average molecular weight is 288 g/mol. The van der Waals surface area contributed by atoms with E-state index in [-0.39, 0.29) is 12.5 Å². The molecule has 112 valence electrons. The third-order valence-electron chi connectivity index (χ3n) is 3.96. The van der Waals surface area contributed by atoms with Crippen LogP contribution in [0.15, 0.2) is 30.9 Å². The zero-order chi connectivity index (χ0) is 15.5. The van der Waals surface area contributed by atoms with Crippen molar-refractivity contribution in [1.82, 2.24) is 9.88 Å². The molecule has 1 atom stereocenters. The summed E-state index contributed by atoms with van der Waals surface area (Å²) in [5, 5.41) is 9.53. The van der Waals surface area contributed by atoms with Crippen molar-refractivity contribution in [2.24, 2.45) is 5.41 Å². The van der Waals surface area contributed by atoms with Gasteiger partial charge in [-0.2, -0.15) is 0 Å². The predicted molar refractivity (Wildman–Crippen MR) is 79.0 cm³/mol. The molecule has 1 N–H and O–H groups in total. The van der Waals surface area contributed by atoms with Crippen LogP contribution in [0.5, 0.6) is 0 Å². The molecule has 21 heavy (non-hydrogen) atoms. The van der Waals surface area contributed by atoms with Crippen LogP contribution in [0.4, 0.5) is 0 Å². The molecule has 5 heteroatoms. The molecule has 0 unspecified atom stereocenters. The molecule has 1 saturated heterocycles. The molecule has 1 aromatic rings. The number of hydrogen-bond acceptors (Lipinski definition) is 3. The minimum absolute atomic E-state index is 0.201. The highest BCUT2D eigenvalue weighted by molar-refractivity contribution is 5.93. The summed E-state index contributed by atoms with van der Waals surface area (Å²) >= 11 is 0. The van der Waals surface area contributed by atoms with Crippen molar-refractivity contribution in [2.75, 3.05) is 13.1 Å². The summed E-state index contributed by atoms with van der Waals surface area (Å²) in [5.74, 6) is -1.06. The van der Waals surface area contributed by atoms with Crippen molar-refractivity contribution < 1.29 is 14.7 Å². The molecule has 2 rings (SSSR count). The zero-order valence-corrected chi connectivity index (χ0v) is 12.2. The van der Waals surface area contributed by atoms with Crippen molar-refractivity contribution in [2.45, 2.75) is 26.2 Å². The Bertz CT molecular complexity index is 570. The van der Waals surface area contributed by atoms with Gasteiger partial charge in [0, 0.05) is 18.8 Å². The summed E-state index contributed by atoms with van der Waals surface area (Å²) in [7, 11) is 0. The molecule has 1 aromatic heterocycles. The summed E-state index contributed by atoms with van der Waals surface area (Å²) in [6, 6.07) is 5.28. The molecule has 1 fully saturated rings. The lowest BCUT2D eigenvalue weighted by atomic mass is 9.77. The first-order valence-corrected chi connectivity index (χ1v) is 7.06. The Balaban J connectivity index is 2.22. The van der Waals surface area contributed by atoms with Gasteiger partial charge in [0.15, 0.2) is 0 Å². The lowest BCUT2D eigenvalue weighted by molar-refractivity contribution is -0.151. The van der Waals surface area contributed by atoms with E-state index in [4.69, 9.17) is 0 Å². The minimum atomic E-state index is -0.917. The van der Waals surface area contributed by atoms with Gasteiger partial charge >= 0.3 is 5.97 Å². The van der Waals surface area contributed by atoms with Crippen molar-refractivity contribution in [3.8, 4) is 0 Å². The van der Waals surface area contributed by atoms with Crippen molar-refractivity contribution in [1.29, 1.82) is 0 Å². The normalized spacial score (nSPS) is 21.9. The first kappa shape index (κ1) is 15.2. The van der Waals surface area contributed by atoms with Crippen LogP contribution in [0.3, 0.4) is 0 Å². The Morgan fingerprint density at radius 3 is 2.90 bits per heavy atom. The number of aryl methyl sites for hydroxylation is 1. The molecular weight excluding hydrogens is 268 g/mol. The van der Waals surface area contributed by atoms with Gasteiger partial charge < -0.3 is 10.0 Å². The highest BCUT2D eigenvalue weighted by atomic mass is 16.4. The Hall–Kier alpha value is -2.17. The van der Waals surface area contributed by atoms with E-state index in [0.29, 0.717) is 31.5 Å². The number of pyridine rings is 1. The van der Waals surface area contributed by atoms with Crippen LogP contribution >= 0.6 is 0 Å². The molecule has 1 aliphatic heterocycles. The van der Waals surface area contributed by atoms with Crippen LogP contribution in [0.25, 0.3) is 0 Å². The van der Waals surface area contributed by atoms with E-state index in [1.807, 2.05) is 13.0 Å². The molecule has 0 spiro atoms. The SMILES string of the molecule is C=CC[C@]1(C(=O)O)CCCN(C(=O)c2cccc(C)n2)C1. The quantitative estimate of drug-likeness (QED) is 0.863. The van der Waals surface area contributed by atoms with Gasteiger partial charge in [0.05, 0.1) is 5.41 Å². The molecule has 0 saturated carbocycles. The average Bonchev–Trinajstić information content (AvgIpc) is 2.47. The molecular formula is C16H20N2O3. The molecule has 0 radical (unpaired) electrons. The lowest BCUT2D eigenvalue weighted by Crippen LogP contribution is -2.49. The maximum atomic E-state index is 12.5. The fraction of sp³-hybridized carbons (Fsp3) is 0.438. The number of amides is 1. The molecule has 5 nitrogen and oxygen atoms in total. The predicted octanol–water partition coefficient (Wildman–Crippen LogP) is 2.27. The van der Waals surface area contributed by atoms with E-state index < -0.39 is 11.4 Å². The minimum Gasteiger partial charge on any atom is -0.481 e. The van der Waals surface area contributed by atoms with Gasteiger partial charge in [0.1, 0.15) is 5.69 Å². The second-order valence-electron chi connectivity index (χ2n) is 5.57. The number of carbonyl (C=O) groups excluding carboxylic acids is 1. The van der Waals surface area contributed by atoms with E-state index in [9.17, 15) is 14.7 Å². The monoisotopic (exact) mass is 288 g/mol. The molecule has 2 heterocycles. The van der Waals surface area contributed by atoms with Crippen LogP contribution in [0.2, 0.25) is 0 Å². The number of nitrogens with zero attached hydrogens (tertiary/aromatic N) is 2.